The fraction of sp³-hybridized carbons (Fsp3) is 1.00. The van der Waals surface area contributed by atoms with Crippen molar-refractivity contribution in [1.82, 2.24) is 0 Å². The van der Waals surface area contributed by atoms with E-state index in [9.17, 15) is 5.11 Å². The van der Waals surface area contributed by atoms with Gasteiger partial charge in [-0.05, 0) is 38.0 Å². The molecular weight excluding hydrogens is 224 g/mol. The molecule has 1 N–H and O–H groups in total. The highest BCUT2D eigenvalue weighted by atomic mass is 16.5. The maximum Gasteiger partial charge on any atom is 0.0937 e. The van der Waals surface area contributed by atoms with Crippen molar-refractivity contribution in [3.05, 3.63) is 0 Å². The Kier molecular flexibility index (Phi) is 6.65. The lowest BCUT2D eigenvalue weighted by Gasteiger charge is -2.44. The molecule has 0 spiro atoms. The van der Waals surface area contributed by atoms with Gasteiger partial charge in [-0.25, -0.2) is 0 Å². The number of ether oxygens (including phenoxy) is 1. The van der Waals surface area contributed by atoms with E-state index >= 15 is 0 Å². The predicted octanol–water partition coefficient (Wildman–Crippen LogP) is 4.16. The van der Waals surface area contributed by atoms with E-state index in [-0.39, 0.29) is 11.7 Å². The van der Waals surface area contributed by atoms with Crippen molar-refractivity contribution >= 4 is 0 Å². The Morgan fingerprint density at radius 3 is 2.22 bits per heavy atom. The standard InChI is InChI=1S/C16H32O2/c1-5-13-11-9-10-12-14(13)15(17)16(6-2,7-3)18-8-4/h13-15,17H,5-12H2,1-4H3. The summed E-state index contributed by atoms with van der Waals surface area (Å²) in [6.45, 7) is 9.28. The van der Waals surface area contributed by atoms with Crippen LogP contribution in [0.15, 0.2) is 0 Å². The fourth-order valence-corrected chi connectivity index (χ4v) is 3.79. The normalized spacial score (nSPS) is 27.2. The van der Waals surface area contributed by atoms with Crippen LogP contribution in [0.5, 0.6) is 0 Å². The molecule has 1 aliphatic carbocycles. The maximum absolute atomic E-state index is 10.9. The molecule has 1 saturated carbocycles. The summed E-state index contributed by atoms with van der Waals surface area (Å²) in [5.74, 6) is 1.13. The van der Waals surface area contributed by atoms with Crippen LogP contribution in [0.2, 0.25) is 0 Å². The molecule has 0 aliphatic heterocycles. The van der Waals surface area contributed by atoms with Gasteiger partial charge in [0.05, 0.1) is 11.7 Å². The van der Waals surface area contributed by atoms with Crippen LogP contribution < -0.4 is 0 Å². The third-order valence-corrected chi connectivity index (χ3v) is 5.07. The highest BCUT2D eigenvalue weighted by Gasteiger charge is 2.43. The van der Waals surface area contributed by atoms with Crippen molar-refractivity contribution < 1.29 is 9.84 Å². The molecule has 1 aliphatic rings. The molecule has 18 heavy (non-hydrogen) atoms. The Bertz CT molecular complexity index is 223. The number of rotatable bonds is 7. The molecule has 0 aromatic rings. The molecule has 3 unspecified atom stereocenters. The number of aliphatic hydroxyl groups excluding tert-OH is 1. The van der Waals surface area contributed by atoms with Crippen molar-refractivity contribution in [3.63, 3.8) is 0 Å². The smallest absolute Gasteiger partial charge is 0.0937 e. The third-order valence-electron chi connectivity index (χ3n) is 5.07. The SMILES string of the molecule is CCOC(CC)(CC)C(O)C1CCCCC1CC. The second kappa shape index (κ2) is 7.49. The quantitative estimate of drug-likeness (QED) is 0.741. The summed E-state index contributed by atoms with van der Waals surface area (Å²) in [6.07, 6.45) is 7.78. The van der Waals surface area contributed by atoms with Crippen molar-refractivity contribution in [1.29, 1.82) is 0 Å². The highest BCUT2D eigenvalue weighted by Crippen LogP contribution is 2.40. The van der Waals surface area contributed by atoms with Gasteiger partial charge in [0.15, 0.2) is 0 Å². The fourth-order valence-electron chi connectivity index (χ4n) is 3.79. The Balaban J connectivity index is 2.82. The minimum absolute atomic E-state index is 0.294. The van der Waals surface area contributed by atoms with Crippen LogP contribution >= 0.6 is 0 Å². The summed E-state index contributed by atoms with van der Waals surface area (Å²) in [4.78, 5) is 0. The molecule has 1 fully saturated rings. The maximum atomic E-state index is 10.9. The van der Waals surface area contributed by atoms with E-state index in [0.717, 1.165) is 12.8 Å². The number of hydrogen-bond donors (Lipinski definition) is 1. The Labute approximate surface area is 113 Å². The largest absolute Gasteiger partial charge is 0.390 e. The van der Waals surface area contributed by atoms with Crippen LogP contribution in [0.4, 0.5) is 0 Å². The van der Waals surface area contributed by atoms with Gasteiger partial charge < -0.3 is 9.84 Å². The molecule has 0 radical (unpaired) electrons. The van der Waals surface area contributed by atoms with Crippen molar-refractivity contribution in [2.75, 3.05) is 6.61 Å². The first-order valence-corrected chi connectivity index (χ1v) is 7.97. The molecule has 0 amide bonds. The van der Waals surface area contributed by atoms with Crippen LogP contribution in [-0.4, -0.2) is 23.4 Å². The summed E-state index contributed by atoms with van der Waals surface area (Å²) < 4.78 is 5.99. The molecule has 3 atom stereocenters. The van der Waals surface area contributed by atoms with E-state index in [1.54, 1.807) is 0 Å². The molecule has 1 rings (SSSR count). The zero-order valence-corrected chi connectivity index (χ0v) is 12.7. The van der Waals surface area contributed by atoms with Crippen molar-refractivity contribution in [3.8, 4) is 0 Å². The highest BCUT2D eigenvalue weighted by molar-refractivity contribution is 4.93. The van der Waals surface area contributed by atoms with Gasteiger partial charge in [0, 0.05) is 6.61 Å². The zero-order chi connectivity index (χ0) is 13.6. The van der Waals surface area contributed by atoms with E-state index in [1.165, 1.54) is 32.1 Å². The summed E-state index contributed by atoms with van der Waals surface area (Å²) in [5, 5.41) is 10.9. The average molecular weight is 256 g/mol. The lowest BCUT2D eigenvalue weighted by Crippen LogP contribution is -2.50. The second-order valence-electron chi connectivity index (χ2n) is 5.77. The topological polar surface area (TPSA) is 29.5 Å². The predicted molar refractivity (Wildman–Crippen MR) is 76.7 cm³/mol. The van der Waals surface area contributed by atoms with E-state index in [0.29, 0.717) is 18.4 Å². The van der Waals surface area contributed by atoms with E-state index in [1.807, 2.05) is 6.92 Å². The van der Waals surface area contributed by atoms with Gasteiger partial charge in [-0.1, -0.05) is 46.5 Å². The van der Waals surface area contributed by atoms with Gasteiger partial charge in [0.25, 0.3) is 0 Å². The van der Waals surface area contributed by atoms with Crippen LogP contribution in [0.3, 0.4) is 0 Å². The Hall–Kier alpha value is -0.0800. The Morgan fingerprint density at radius 1 is 1.11 bits per heavy atom. The van der Waals surface area contributed by atoms with Crippen LogP contribution in [0.25, 0.3) is 0 Å². The summed E-state index contributed by atoms with van der Waals surface area (Å²) >= 11 is 0. The van der Waals surface area contributed by atoms with Gasteiger partial charge >= 0.3 is 0 Å². The minimum Gasteiger partial charge on any atom is -0.390 e. The van der Waals surface area contributed by atoms with E-state index in [2.05, 4.69) is 20.8 Å². The van der Waals surface area contributed by atoms with E-state index in [4.69, 9.17) is 4.74 Å². The van der Waals surface area contributed by atoms with Crippen LogP contribution in [0, 0.1) is 11.8 Å². The monoisotopic (exact) mass is 256 g/mol. The van der Waals surface area contributed by atoms with E-state index < -0.39 is 0 Å². The Morgan fingerprint density at radius 2 is 1.72 bits per heavy atom. The van der Waals surface area contributed by atoms with Gasteiger partial charge in [-0.15, -0.1) is 0 Å². The van der Waals surface area contributed by atoms with Crippen molar-refractivity contribution in [2.24, 2.45) is 11.8 Å². The molecule has 0 aromatic heterocycles. The molecule has 0 heterocycles. The summed E-state index contributed by atoms with van der Waals surface area (Å²) in [5.41, 5.74) is -0.315. The van der Waals surface area contributed by atoms with Gasteiger partial charge in [-0.2, -0.15) is 0 Å². The average Bonchev–Trinajstić information content (AvgIpc) is 2.44. The third kappa shape index (κ3) is 3.27. The molecule has 0 bridgehead atoms. The van der Waals surface area contributed by atoms with Crippen molar-refractivity contribution in [2.45, 2.75) is 84.3 Å². The first kappa shape index (κ1) is 16.0. The zero-order valence-electron chi connectivity index (χ0n) is 12.7. The lowest BCUT2D eigenvalue weighted by atomic mass is 9.69. The summed E-state index contributed by atoms with van der Waals surface area (Å²) in [7, 11) is 0. The minimum atomic E-state index is -0.315. The lowest BCUT2D eigenvalue weighted by molar-refractivity contribution is -0.155. The van der Waals surface area contributed by atoms with Gasteiger partial charge in [0.1, 0.15) is 0 Å². The van der Waals surface area contributed by atoms with Gasteiger partial charge in [-0.3, -0.25) is 0 Å². The number of hydrogen-bond acceptors (Lipinski definition) is 2. The summed E-state index contributed by atoms with van der Waals surface area (Å²) in [6, 6.07) is 0. The van der Waals surface area contributed by atoms with Gasteiger partial charge in [0.2, 0.25) is 0 Å². The molecular formula is C16H32O2. The molecule has 2 nitrogen and oxygen atoms in total. The second-order valence-corrected chi connectivity index (χ2v) is 5.77. The first-order valence-electron chi connectivity index (χ1n) is 7.97. The van der Waals surface area contributed by atoms with Crippen LogP contribution in [-0.2, 0) is 4.74 Å². The molecule has 0 saturated heterocycles. The first-order chi connectivity index (χ1) is 8.65. The molecule has 0 aromatic carbocycles. The van der Waals surface area contributed by atoms with Crippen LogP contribution in [0.1, 0.15) is 72.6 Å². The molecule has 2 heteroatoms. The number of aliphatic hydroxyl groups is 1. The molecule has 108 valence electrons.